The van der Waals surface area contributed by atoms with Crippen molar-refractivity contribution in [3.8, 4) is 11.1 Å². The lowest BCUT2D eigenvalue weighted by atomic mass is 9.84. The first-order chi connectivity index (χ1) is 12.2. The number of hydrogen-bond acceptors (Lipinski definition) is 3. The lowest BCUT2D eigenvalue weighted by molar-refractivity contribution is -0.136. The maximum absolute atomic E-state index is 11.5. The molecule has 5 nitrogen and oxygen atoms in total. The lowest BCUT2D eigenvalue weighted by Gasteiger charge is -2.24. The number of pyridine rings is 1. The minimum absolute atomic E-state index is 0. The number of carboxylic acid groups (broad SMARTS) is 1. The molecule has 0 amide bonds. The van der Waals surface area contributed by atoms with Crippen LogP contribution < -0.4 is 5.73 Å². The van der Waals surface area contributed by atoms with Crippen LogP contribution in [-0.2, 0) is 30.6 Å². The molecule has 0 atom stereocenters. The average molecular weight is 373 g/mol. The van der Waals surface area contributed by atoms with Crippen molar-refractivity contribution in [1.82, 2.24) is 4.98 Å². The van der Waals surface area contributed by atoms with Gasteiger partial charge in [0.25, 0.3) is 0 Å². The Morgan fingerprint density at radius 3 is 2.15 bits per heavy atom. The van der Waals surface area contributed by atoms with Crippen LogP contribution in [0.3, 0.4) is 0 Å². The van der Waals surface area contributed by atoms with Crippen LogP contribution in [-0.4, -0.2) is 21.5 Å². The smallest absolute Gasteiger partial charge is 0.307 e. The summed E-state index contributed by atoms with van der Waals surface area (Å²) in [6.07, 6.45) is 1.46. The van der Waals surface area contributed by atoms with E-state index in [0.29, 0.717) is 13.0 Å². The molecule has 1 heterocycles. The molecule has 2 aromatic rings. The second-order valence-electron chi connectivity index (χ2n) is 8.07. The summed E-state index contributed by atoms with van der Waals surface area (Å²) in [4.78, 5) is 16.4. The number of hydrogen-bond donors (Lipinski definition) is 2. The van der Waals surface area contributed by atoms with Gasteiger partial charge in [-0.3, -0.25) is 9.78 Å². The highest BCUT2D eigenvalue weighted by Crippen LogP contribution is 2.34. The van der Waals surface area contributed by atoms with Gasteiger partial charge in [-0.2, -0.15) is 0 Å². The van der Waals surface area contributed by atoms with Crippen molar-refractivity contribution in [2.75, 3.05) is 0 Å². The summed E-state index contributed by atoms with van der Waals surface area (Å²) in [6, 6.07) is 8.20. The van der Waals surface area contributed by atoms with Crippen LogP contribution in [0.1, 0.15) is 55.8 Å². The van der Waals surface area contributed by atoms with E-state index in [9.17, 15) is 9.90 Å². The van der Waals surface area contributed by atoms with Gasteiger partial charge in [-0.1, -0.05) is 57.5 Å². The number of carbonyl (C=O) groups is 1. The number of aromatic nitrogens is 1. The molecule has 5 N–H and O–H groups in total. The molecule has 0 fully saturated rings. The van der Waals surface area contributed by atoms with Gasteiger partial charge in [-0.25, -0.2) is 0 Å². The summed E-state index contributed by atoms with van der Waals surface area (Å²) in [6.45, 7) is 10.9. The third-order valence-electron chi connectivity index (χ3n) is 4.48. The number of nitrogens with zero attached hydrogens (tertiary/aromatic N) is 1. The molecule has 5 heteroatoms. The molecule has 0 aliphatic heterocycles. The predicted molar refractivity (Wildman–Crippen MR) is 110 cm³/mol. The van der Waals surface area contributed by atoms with Gasteiger partial charge >= 0.3 is 5.97 Å². The van der Waals surface area contributed by atoms with E-state index in [0.717, 1.165) is 40.1 Å². The molecule has 0 saturated carbocycles. The molecule has 0 bridgehead atoms. The van der Waals surface area contributed by atoms with E-state index < -0.39 is 5.97 Å². The zero-order valence-corrected chi connectivity index (χ0v) is 17.0. The summed E-state index contributed by atoms with van der Waals surface area (Å²) in [5, 5.41) is 9.46. The molecule has 1 aromatic carbocycles. The SMILES string of the molecule is CCc1nc(CC(C)(C)C)c(CN)c(-c2ccc(C)cc2)c1CC(=O)O.O. The van der Waals surface area contributed by atoms with Crippen molar-refractivity contribution >= 4 is 5.97 Å². The molecule has 0 unspecified atom stereocenters. The molecular formula is C22H32N2O3. The Hall–Kier alpha value is -2.24. The van der Waals surface area contributed by atoms with Gasteiger partial charge in [0.15, 0.2) is 0 Å². The zero-order valence-electron chi connectivity index (χ0n) is 17.0. The maximum Gasteiger partial charge on any atom is 0.307 e. The van der Waals surface area contributed by atoms with Crippen LogP contribution in [0.2, 0.25) is 0 Å². The van der Waals surface area contributed by atoms with E-state index in [1.165, 1.54) is 5.56 Å². The third kappa shape index (κ3) is 5.62. The number of rotatable bonds is 6. The Kier molecular flexibility index (Phi) is 7.69. The minimum Gasteiger partial charge on any atom is -0.481 e. The second kappa shape index (κ2) is 9.11. The van der Waals surface area contributed by atoms with E-state index in [4.69, 9.17) is 10.7 Å². The van der Waals surface area contributed by atoms with Crippen molar-refractivity contribution in [2.45, 2.75) is 60.4 Å². The Morgan fingerprint density at radius 2 is 1.70 bits per heavy atom. The molecule has 148 valence electrons. The Labute approximate surface area is 161 Å². The lowest BCUT2D eigenvalue weighted by Crippen LogP contribution is -2.19. The molecule has 0 spiro atoms. The van der Waals surface area contributed by atoms with Gasteiger partial charge in [0, 0.05) is 17.9 Å². The van der Waals surface area contributed by atoms with Gasteiger partial charge in [-0.15, -0.1) is 0 Å². The van der Waals surface area contributed by atoms with Crippen molar-refractivity contribution < 1.29 is 15.4 Å². The minimum atomic E-state index is -0.846. The van der Waals surface area contributed by atoms with Crippen molar-refractivity contribution in [1.29, 1.82) is 0 Å². The van der Waals surface area contributed by atoms with Crippen LogP contribution in [0.5, 0.6) is 0 Å². The van der Waals surface area contributed by atoms with E-state index in [-0.39, 0.29) is 17.3 Å². The molecule has 0 aliphatic rings. The van der Waals surface area contributed by atoms with Crippen molar-refractivity contribution in [2.24, 2.45) is 11.1 Å². The molecule has 27 heavy (non-hydrogen) atoms. The third-order valence-corrected chi connectivity index (χ3v) is 4.48. The summed E-state index contributed by atoms with van der Waals surface area (Å²) in [7, 11) is 0. The highest BCUT2D eigenvalue weighted by atomic mass is 16.4. The maximum atomic E-state index is 11.5. The zero-order chi connectivity index (χ0) is 19.5. The van der Waals surface area contributed by atoms with Crippen molar-refractivity contribution in [3.63, 3.8) is 0 Å². The molecule has 1 aromatic heterocycles. The monoisotopic (exact) mass is 372 g/mol. The van der Waals surface area contributed by atoms with Gasteiger partial charge in [-0.05, 0) is 47.4 Å². The largest absolute Gasteiger partial charge is 0.481 e. The second-order valence-corrected chi connectivity index (χ2v) is 8.07. The van der Waals surface area contributed by atoms with Crippen LogP contribution in [0.4, 0.5) is 0 Å². The first-order valence-electron chi connectivity index (χ1n) is 9.18. The predicted octanol–water partition coefficient (Wildman–Crippen LogP) is 3.47. The quantitative estimate of drug-likeness (QED) is 0.809. The number of nitrogens with two attached hydrogens (primary N) is 1. The first-order valence-corrected chi connectivity index (χ1v) is 9.18. The fourth-order valence-corrected chi connectivity index (χ4v) is 3.34. The first kappa shape index (κ1) is 22.8. The topological polar surface area (TPSA) is 108 Å². The highest BCUT2D eigenvalue weighted by Gasteiger charge is 2.23. The van der Waals surface area contributed by atoms with Crippen molar-refractivity contribution in [3.05, 3.63) is 52.3 Å². The Bertz CT molecular complexity index is 791. The average Bonchev–Trinajstić information content (AvgIpc) is 2.54. The summed E-state index contributed by atoms with van der Waals surface area (Å²) in [5.41, 5.74) is 13.0. The van der Waals surface area contributed by atoms with E-state index >= 15 is 0 Å². The molecular weight excluding hydrogens is 340 g/mol. The van der Waals surface area contributed by atoms with Gasteiger partial charge in [0.1, 0.15) is 0 Å². The summed E-state index contributed by atoms with van der Waals surface area (Å²) in [5.74, 6) is -0.846. The molecule has 2 rings (SSSR count). The fourth-order valence-electron chi connectivity index (χ4n) is 3.34. The van der Waals surface area contributed by atoms with E-state index in [2.05, 4.69) is 45.0 Å². The highest BCUT2D eigenvalue weighted by molar-refractivity contribution is 5.79. The summed E-state index contributed by atoms with van der Waals surface area (Å²) >= 11 is 0. The number of aryl methyl sites for hydroxylation is 2. The van der Waals surface area contributed by atoms with Gasteiger partial charge in [0.2, 0.25) is 0 Å². The van der Waals surface area contributed by atoms with Crippen LogP contribution in [0.25, 0.3) is 11.1 Å². The van der Waals surface area contributed by atoms with Crippen LogP contribution in [0, 0.1) is 12.3 Å². The fraction of sp³-hybridized carbons (Fsp3) is 0.455. The number of benzene rings is 1. The van der Waals surface area contributed by atoms with Gasteiger partial charge in [0.05, 0.1) is 6.42 Å². The van der Waals surface area contributed by atoms with E-state index in [1.807, 2.05) is 13.8 Å². The molecule has 0 aliphatic carbocycles. The molecule has 0 saturated heterocycles. The Balaban J connectivity index is 0.00000364. The summed E-state index contributed by atoms with van der Waals surface area (Å²) < 4.78 is 0. The van der Waals surface area contributed by atoms with E-state index in [1.54, 1.807) is 0 Å². The molecule has 0 radical (unpaired) electrons. The number of carboxylic acids is 1. The standard InChI is InChI=1S/C22H30N2O2.H2O/c1-6-18-16(11-20(25)26)21(15-9-7-14(2)8-10-15)17(13-23)19(24-18)12-22(3,4)5;/h7-10H,6,11-13,23H2,1-5H3,(H,25,26);1H2. The van der Waals surface area contributed by atoms with Crippen LogP contribution in [0.15, 0.2) is 24.3 Å². The normalized spacial score (nSPS) is 11.2. The number of aliphatic carboxylic acids is 1. The Morgan fingerprint density at radius 1 is 1.11 bits per heavy atom. The van der Waals surface area contributed by atoms with Gasteiger partial charge < -0.3 is 16.3 Å². The van der Waals surface area contributed by atoms with Crippen LogP contribution >= 0.6 is 0 Å².